The zero-order chi connectivity index (χ0) is 15.6. The second-order valence-corrected chi connectivity index (χ2v) is 5.32. The first-order valence-corrected chi connectivity index (χ1v) is 7.29. The second kappa shape index (κ2) is 5.62. The first-order valence-electron chi connectivity index (χ1n) is 6.91. The fourth-order valence-electron chi connectivity index (χ4n) is 2.21. The van der Waals surface area contributed by atoms with Crippen molar-refractivity contribution in [3.63, 3.8) is 0 Å². The number of hydrogen-bond acceptors (Lipinski definition) is 5. The number of fused-ring (bicyclic) bond motifs is 1. The molecule has 7 nitrogen and oxygen atoms in total. The van der Waals surface area contributed by atoms with Gasteiger partial charge in [0.15, 0.2) is 0 Å². The van der Waals surface area contributed by atoms with Crippen LogP contribution in [0.15, 0.2) is 48.9 Å². The maximum Gasteiger partial charge on any atom is 0.231 e. The average Bonchev–Trinajstić information content (AvgIpc) is 3.21. The first kappa shape index (κ1) is 13.6. The van der Waals surface area contributed by atoms with E-state index in [2.05, 4.69) is 35.8 Å². The van der Waals surface area contributed by atoms with E-state index in [-0.39, 0.29) is 0 Å². The lowest BCUT2D eigenvalue weighted by molar-refractivity contribution is 1.09. The summed E-state index contributed by atoms with van der Waals surface area (Å²) in [6, 6.07) is 9.36. The fourth-order valence-corrected chi connectivity index (χ4v) is 2.34. The van der Waals surface area contributed by atoms with Crippen LogP contribution < -0.4 is 10.6 Å². The summed E-state index contributed by atoms with van der Waals surface area (Å²) in [7, 11) is 0. The third-order valence-electron chi connectivity index (χ3n) is 3.28. The number of H-pyrrole nitrogens is 2. The van der Waals surface area contributed by atoms with Crippen molar-refractivity contribution in [1.29, 1.82) is 0 Å². The zero-order valence-electron chi connectivity index (χ0n) is 11.8. The highest BCUT2D eigenvalue weighted by Crippen LogP contribution is 2.26. The first-order chi connectivity index (χ1) is 11.3. The van der Waals surface area contributed by atoms with E-state index < -0.39 is 0 Å². The minimum Gasteiger partial charge on any atom is -0.346 e. The Hall–Kier alpha value is -3.06. The van der Waals surface area contributed by atoms with Crippen molar-refractivity contribution in [2.75, 3.05) is 10.6 Å². The van der Waals surface area contributed by atoms with Crippen LogP contribution >= 0.6 is 11.6 Å². The molecule has 4 aromatic rings. The standard InChI is InChI=1S/C15H12ClN7/c16-9-1-3-10(4-2-9)20-14-12-5-6-17-13(12)22-15(23-14)21-11-7-18-19-8-11/h1-8H,(H,18,19)(H3,17,20,21,22,23). The van der Waals surface area contributed by atoms with Gasteiger partial charge in [-0.15, -0.1) is 0 Å². The molecule has 0 aliphatic carbocycles. The number of halogens is 1. The molecule has 4 rings (SSSR count). The van der Waals surface area contributed by atoms with Gasteiger partial charge in [0.1, 0.15) is 11.5 Å². The summed E-state index contributed by atoms with van der Waals surface area (Å²) in [5.74, 6) is 1.17. The molecule has 0 fully saturated rings. The highest BCUT2D eigenvalue weighted by Gasteiger charge is 2.09. The quantitative estimate of drug-likeness (QED) is 0.457. The summed E-state index contributed by atoms with van der Waals surface area (Å²) in [4.78, 5) is 12.1. The van der Waals surface area contributed by atoms with Crippen LogP contribution in [0.4, 0.5) is 23.1 Å². The Morgan fingerprint density at radius 2 is 1.83 bits per heavy atom. The van der Waals surface area contributed by atoms with Crippen LogP contribution in [0.1, 0.15) is 0 Å². The van der Waals surface area contributed by atoms with Crippen LogP contribution in [0.25, 0.3) is 11.0 Å². The van der Waals surface area contributed by atoms with Crippen LogP contribution in [0.5, 0.6) is 0 Å². The van der Waals surface area contributed by atoms with Crippen molar-refractivity contribution < 1.29 is 0 Å². The lowest BCUT2D eigenvalue weighted by Gasteiger charge is -2.09. The minimum atomic E-state index is 0.470. The van der Waals surface area contributed by atoms with Crippen LogP contribution in [0, 0.1) is 0 Å². The van der Waals surface area contributed by atoms with E-state index in [4.69, 9.17) is 11.6 Å². The lowest BCUT2D eigenvalue weighted by atomic mass is 10.3. The molecule has 23 heavy (non-hydrogen) atoms. The SMILES string of the molecule is Clc1ccc(Nc2nc(Nc3cn[nH]c3)nc3[nH]ccc23)cc1. The summed E-state index contributed by atoms with van der Waals surface area (Å²) in [5.41, 5.74) is 2.42. The van der Waals surface area contributed by atoms with Crippen LogP contribution in [0.2, 0.25) is 5.02 Å². The largest absolute Gasteiger partial charge is 0.346 e. The van der Waals surface area contributed by atoms with E-state index in [0.29, 0.717) is 16.8 Å². The maximum absolute atomic E-state index is 5.92. The Balaban J connectivity index is 1.71. The molecular weight excluding hydrogens is 314 g/mol. The average molecular weight is 326 g/mol. The number of nitrogens with zero attached hydrogens (tertiary/aromatic N) is 3. The Morgan fingerprint density at radius 3 is 2.61 bits per heavy atom. The normalized spacial score (nSPS) is 10.8. The summed E-state index contributed by atoms with van der Waals surface area (Å²) >= 11 is 5.92. The zero-order valence-corrected chi connectivity index (χ0v) is 12.6. The Bertz CT molecular complexity index is 928. The van der Waals surface area contributed by atoms with Crippen molar-refractivity contribution in [2.45, 2.75) is 0 Å². The Labute approximate surface area is 136 Å². The van der Waals surface area contributed by atoms with Gasteiger partial charge in [-0.3, -0.25) is 5.10 Å². The lowest BCUT2D eigenvalue weighted by Crippen LogP contribution is -2.01. The van der Waals surface area contributed by atoms with E-state index in [1.165, 1.54) is 0 Å². The second-order valence-electron chi connectivity index (χ2n) is 4.88. The number of rotatable bonds is 4. The number of benzene rings is 1. The molecule has 0 amide bonds. The molecule has 0 spiro atoms. The van der Waals surface area contributed by atoms with Gasteiger partial charge in [-0.05, 0) is 30.3 Å². The Kier molecular flexibility index (Phi) is 3.32. The summed E-state index contributed by atoms with van der Waals surface area (Å²) in [5, 5.41) is 14.6. The van der Waals surface area contributed by atoms with Gasteiger partial charge in [-0.1, -0.05) is 11.6 Å². The van der Waals surface area contributed by atoms with Crippen molar-refractivity contribution in [2.24, 2.45) is 0 Å². The van der Waals surface area contributed by atoms with Gasteiger partial charge in [0, 0.05) is 23.1 Å². The number of hydrogen-bond donors (Lipinski definition) is 4. The predicted molar refractivity (Wildman–Crippen MR) is 90.5 cm³/mol. The molecule has 0 aliphatic rings. The third kappa shape index (κ3) is 2.82. The third-order valence-corrected chi connectivity index (χ3v) is 3.53. The van der Waals surface area contributed by atoms with E-state index in [9.17, 15) is 0 Å². The summed E-state index contributed by atoms with van der Waals surface area (Å²) in [6.45, 7) is 0. The molecule has 0 atom stereocenters. The van der Waals surface area contributed by atoms with Gasteiger partial charge in [0.25, 0.3) is 0 Å². The maximum atomic E-state index is 5.92. The molecular formula is C15H12ClN7. The highest BCUT2D eigenvalue weighted by molar-refractivity contribution is 6.30. The van der Waals surface area contributed by atoms with Crippen molar-refractivity contribution in [3.8, 4) is 0 Å². The molecule has 8 heteroatoms. The highest BCUT2D eigenvalue weighted by atomic mass is 35.5. The fraction of sp³-hybridized carbons (Fsp3) is 0. The smallest absolute Gasteiger partial charge is 0.231 e. The molecule has 4 N–H and O–H groups in total. The molecule has 0 saturated carbocycles. The Morgan fingerprint density at radius 1 is 0.957 bits per heavy atom. The van der Waals surface area contributed by atoms with Crippen molar-refractivity contribution in [1.82, 2.24) is 25.1 Å². The van der Waals surface area contributed by atoms with E-state index in [0.717, 1.165) is 22.4 Å². The molecule has 0 aliphatic heterocycles. The number of aromatic amines is 2. The van der Waals surface area contributed by atoms with Crippen molar-refractivity contribution >= 4 is 45.8 Å². The van der Waals surface area contributed by atoms with E-state index in [1.54, 1.807) is 12.4 Å². The van der Waals surface area contributed by atoms with Gasteiger partial charge in [-0.25, -0.2) is 0 Å². The van der Waals surface area contributed by atoms with Crippen LogP contribution in [0.3, 0.4) is 0 Å². The van der Waals surface area contributed by atoms with E-state index >= 15 is 0 Å². The van der Waals surface area contributed by atoms with Gasteiger partial charge in [-0.2, -0.15) is 15.1 Å². The van der Waals surface area contributed by atoms with E-state index in [1.807, 2.05) is 36.5 Å². The minimum absolute atomic E-state index is 0.470. The van der Waals surface area contributed by atoms with Gasteiger partial charge >= 0.3 is 0 Å². The molecule has 0 radical (unpaired) electrons. The number of aromatic nitrogens is 5. The van der Waals surface area contributed by atoms with Crippen LogP contribution in [-0.2, 0) is 0 Å². The monoisotopic (exact) mass is 325 g/mol. The number of anilines is 4. The molecule has 114 valence electrons. The molecule has 1 aromatic carbocycles. The molecule has 0 bridgehead atoms. The van der Waals surface area contributed by atoms with Crippen molar-refractivity contribution in [3.05, 3.63) is 53.9 Å². The van der Waals surface area contributed by atoms with Gasteiger partial charge in [0.05, 0.1) is 17.3 Å². The topological polar surface area (TPSA) is 94.3 Å². The molecule has 0 unspecified atom stereocenters. The van der Waals surface area contributed by atoms with Crippen LogP contribution in [-0.4, -0.2) is 25.1 Å². The number of nitrogens with one attached hydrogen (secondary N) is 4. The molecule has 0 saturated heterocycles. The van der Waals surface area contributed by atoms with Gasteiger partial charge < -0.3 is 15.6 Å². The molecule has 3 aromatic heterocycles. The van der Waals surface area contributed by atoms with Gasteiger partial charge in [0.2, 0.25) is 5.95 Å². The molecule has 3 heterocycles. The predicted octanol–water partition coefficient (Wildman–Crippen LogP) is 3.82. The summed E-state index contributed by atoms with van der Waals surface area (Å²) in [6.07, 6.45) is 5.22. The summed E-state index contributed by atoms with van der Waals surface area (Å²) < 4.78 is 0.